The number of rotatable bonds is 5. The lowest BCUT2D eigenvalue weighted by Crippen LogP contribution is -2.14. The summed E-state index contributed by atoms with van der Waals surface area (Å²) in [5, 5.41) is 0. The molecule has 0 fully saturated rings. The van der Waals surface area contributed by atoms with Gasteiger partial charge >= 0.3 is 0 Å². The Labute approximate surface area is 103 Å². The van der Waals surface area contributed by atoms with Gasteiger partial charge in [-0.1, -0.05) is 48.6 Å². The van der Waals surface area contributed by atoms with Gasteiger partial charge in [0.2, 0.25) is 0 Å². The van der Waals surface area contributed by atoms with Crippen LogP contribution in [0.1, 0.15) is 52.4 Å². The summed E-state index contributed by atoms with van der Waals surface area (Å²) in [5.41, 5.74) is 0. The highest BCUT2D eigenvalue weighted by Gasteiger charge is 2.17. The predicted octanol–water partition coefficient (Wildman–Crippen LogP) is 4.97. The summed E-state index contributed by atoms with van der Waals surface area (Å²) >= 11 is 2.60. The zero-order valence-electron chi connectivity index (χ0n) is 9.51. The maximum atomic E-state index is 2.60. The molecule has 0 saturated carbocycles. The molecule has 0 aromatic heterocycles. The lowest BCUT2D eigenvalue weighted by atomic mass is 9.81. The second-order valence-electron chi connectivity index (χ2n) is 4.60. The third kappa shape index (κ3) is 4.33. The van der Waals surface area contributed by atoms with Crippen LogP contribution < -0.4 is 0 Å². The maximum absolute atomic E-state index is 2.60. The highest BCUT2D eigenvalue weighted by Crippen LogP contribution is 2.30. The molecule has 0 radical (unpaired) electrons. The Balaban J connectivity index is 2.20. The normalized spacial score (nSPS) is 26.1. The van der Waals surface area contributed by atoms with Crippen molar-refractivity contribution in [1.29, 1.82) is 0 Å². The molecule has 0 heterocycles. The van der Waals surface area contributed by atoms with Gasteiger partial charge in [-0.15, -0.1) is 0 Å². The quantitative estimate of drug-likeness (QED) is 0.382. The summed E-state index contributed by atoms with van der Waals surface area (Å²) in [7, 11) is 0. The average Bonchev–Trinajstić information content (AvgIpc) is 2.26. The number of hydrogen-bond donors (Lipinski definition) is 0. The van der Waals surface area contributed by atoms with Crippen LogP contribution in [0.4, 0.5) is 0 Å². The molecule has 0 spiro atoms. The fourth-order valence-corrected chi connectivity index (χ4v) is 2.58. The molecular formula is C13H23I. The Kier molecular flexibility index (Phi) is 6.15. The van der Waals surface area contributed by atoms with Gasteiger partial charge in [-0.05, 0) is 50.4 Å². The van der Waals surface area contributed by atoms with Crippen LogP contribution in [0.2, 0.25) is 0 Å². The summed E-state index contributed by atoms with van der Waals surface area (Å²) in [6.07, 6.45) is 13.0. The van der Waals surface area contributed by atoms with E-state index in [2.05, 4.69) is 48.6 Å². The smallest absolute Gasteiger partial charge is 0.0107 e. The molecule has 0 aliphatic heterocycles. The zero-order chi connectivity index (χ0) is 10.4. The first-order valence-electron chi connectivity index (χ1n) is 6.03. The summed E-state index contributed by atoms with van der Waals surface area (Å²) in [6, 6.07) is 0. The standard InChI is InChI=1S/C13H23I/c1-3-13(14)10-9-11(2)12-7-5-4-6-8-12/h4-5,11-13H,3,6-10H2,1-2H3. The number of allylic oxidation sites excluding steroid dienone is 2. The first-order chi connectivity index (χ1) is 6.74. The fourth-order valence-electron chi connectivity index (χ4n) is 2.22. The van der Waals surface area contributed by atoms with Crippen molar-refractivity contribution in [1.82, 2.24) is 0 Å². The van der Waals surface area contributed by atoms with Gasteiger partial charge < -0.3 is 0 Å². The Morgan fingerprint density at radius 2 is 2.14 bits per heavy atom. The molecule has 1 heteroatoms. The molecule has 0 amide bonds. The SMILES string of the molecule is CCC(I)CCC(C)C1CC=CCC1. The van der Waals surface area contributed by atoms with Crippen molar-refractivity contribution in [2.75, 3.05) is 0 Å². The minimum absolute atomic E-state index is 0.897. The fraction of sp³-hybridized carbons (Fsp3) is 0.846. The van der Waals surface area contributed by atoms with Crippen molar-refractivity contribution in [3.05, 3.63) is 12.2 Å². The van der Waals surface area contributed by atoms with Crippen LogP contribution in [0, 0.1) is 11.8 Å². The van der Waals surface area contributed by atoms with Crippen LogP contribution in [-0.2, 0) is 0 Å². The zero-order valence-corrected chi connectivity index (χ0v) is 11.7. The minimum atomic E-state index is 0.897. The van der Waals surface area contributed by atoms with Gasteiger partial charge in [0, 0.05) is 3.92 Å². The number of alkyl halides is 1. The molecule has 0 N–H and O–H groups in total. The summed E-state index contributed by atoms with van der Waals surface area (Å²) in [4.78, 5) is 0. The van der Waals surface area contributed by atoms with Gasteiger partial charge in [-0.25, -0.2) is 0 Å². The van der Waals surface area contributed by atoms with E-state index in [1.54, 1.807) is 0 Å². The first-order valence-corrected chi connectivity index (χ1v) is 7.27. The minimum Gasteiger partial charge on any atom is -0.0885 e. The molecule has 1 rings (SSSR count). The van der Waals surface area contributed by atoms with E-state index in [4.69, 9.17) is 0 Å². The molecule has 0 bridgehead atoms. The molecule has 0 nitrogen and oxygen atoms in total. The van der Waals surface area contributed by atoms with Crippen LogP contribution in [-0.4, -0.2) is 3.92 Å². The molecule has 3 unspecified atom stereocenters. The summed E-state index contributed by atoms with van der Waals surface area (Å²) in [6.45, 7) is 4.74. The third-order valence-electron chi connectivity index (χ3n) is 3.49. The van der Waals surface area contributed by atoms with E-state index >= 15 is 0 Å². The van der Waals surface area contributed by atoms with E-state index in [1.807, 2.05) is 0 Å². The van der Waals surface area contributed by atoms with E-state index in [0.717, 1.165) is 15.8 Å². The lowest BCUT2D eigenvalue weighted by molar-refractivity contribution is 0.308. The topological polar surface area (TPSA) is 0 Å². The van der Waals surface area contributed by atoms with Crippen LogP contribution in [0.25, 0.3) is 0 Å². The van der Waals surface area contributed by atoms with Crippen molar-refractivity contribution < 1.29 is 0 Å². The van der Waals surface area contributed by atoms with Crippen LogP contribution in [0.5, 0.6) is 0 Å². The Morgan fingerprint density at radius 1 is 1.36 bits per heavy atom. The van der Waals surface area contributed by atoms with Crippen LogP contribution >= 0.6 is 22.6 Å². The van der Waals surface area contributed by atoms with Crippen molar-refractivity contribution in [3.63, 3.8) is 0 Å². The highest BCUT2D eigenvalue weighted by molar-refractivity contribution is 14.1. The number of halogens is 1. The molecule has 3 atom stereocenters. The van der Waals surface area contributed by atoms with Gasteiger partial charge in [-0.2, -0.15) is 0 Å². The average molecular weight is 306 g/mol. The lowest BCUT2D eigenvalue weighted by Gasteiger charge is -2.25. The highest BCUT2D eigenvalue weighted by atomic mass is 127. The Morgan fingerprint density at radius 3 is 2.71 bits per heavy atom. The van der Waals surface area contributed by atoms with Gasteiger partial charge in [0.15, 0.2) is 0 Å². The third-order valence-corrected chi connectivity index (χ3v) is 5.00. The van der Waals surface area contributed by atoms with Crippen molar-refractivity contribution in [2.45, 2.75) is 56.3 Å². The molecule has 0 aromatic carbocycles. The molecule has 0 aromatic rings. The van der Waals surface area contributed by atoms with Crippen LogP contribution in [0.15, 0.2) is 12.2 Å². The monoisotopic (exact) mass is 306 g/mol. The molecular weight excluding hydrogens is 283 g/mol. The predicted molar refractivity (Wildman–Crippen MR) is 73.0 cm³/mol. The molecule has 14 heavy (non-hydrogen) atoms. The molecule has 1 aliphatic carbocycles. The van der Waals surface area contributed by atoms with Gasteiger partial charge in [-0.3, -0.25) is 0 Å². The van der Waals surface area contributed by atoms with Gasteiger partial charge in [0.05, 0.1) is 0 Å². The van der Waals surface area contributed by atoms with Crippen molar-refractivity contribution in [2.24, 2.45) is 11.8 Å². The molecule has 1 aliphatic rings. The molecule has 82 valence electrons. The summed E-state index contributed by atoms with van der Waals surface area (Å²) in [5.74, 6) is 1.91. The maximum Gasteiger partial charge on any atom is 0.0107 e. The van der Waals surface area contributed by atoms with E-state index in [9.17, 15) is 0 Å². The van der Waals surface area contributed by atoms with E-state index in [1.165, 1.54) is 38.5 Å². The molecule has 0 saturated heterocycles. The van der Waals surface area contributed by atoms with Gasteiger partial charge in [0.25, 0.3) is 0 Å². The van der Waals surface area contributed by atoms with Gasteiger partial charge in [0.1, 0.15) is 0 Å². The summed E-state index contributed by atoms with van der Waals surface area (Å²) < 4.78 is 0.897. The Hall–Kier alpha value is 0.470. The second-order valence-corrected chi connectivity index (χ2v) is 6.37. The number of hydrogen-bond acceptors (Lipinski definition) is 0. The second kappa shape index (κ2) is 6.86. The Bertz CT molecular complexity index is 174. The van der Waals surface area contributed by atoms with E-state index < -0.39 is 0 Å². The largest absolute Gasteiger partial charge is 0.0885 e. The first kappa shape index (κ1) is 12.5. The van der Waals surface area contributed by atoms with E-state index in [0.29, 0.717) is 0 Å². The van der Waals surface area contributed by atoms with E-state index in [-0.39, 0.29) is 0 Å². The van der Waals surface area contributed by atoms with Crippen molar-refractivity contribution >= 4 is 22.6 Å². The van der Waals surface area contributed by atoms with Crippen LogP contribution in [0.3, 0.4) is 0 Å². The van der Waals surface area contributed by atoms with Crippen molar-refractivity contribution in [3.8, 4) is 0 Å².